The first-order valence-electron chi connectivity index (χ1n) is 4.67. The lowest BCUT2D eigenvalue weighted by atomic mass is 10.1. The SMILES string of the molecule is CCS(=O)(=O)N[C@@H](C)[C@H]1CCCO1. The number of ether oxygens (including phenoxy) is 1. The second kappa shape index (κ2) is 4.39. The Morgan fingerprint density at radius 2 is 2.31 bits per heavy atom. The zero-order valence-electron chi connectivity index (χ0n) is 8.12. The summed E-state index contributed by atoms with van der Waals surface area (Å²) < 4.78 is 30.4. The van der Waals surface area contributed by atoms with Crippen molar-refractivity contribution in [2.45, 2.75) is 38.8 Å². The molecule has 0 aliphatic carbocycles. The molecule has 1 N–H and O–H groups in total. The van der Waals surface area contributed by atoms with Crippen molar-refractivity contribution in [3.05, 3.63) is 0 Å². The standard InChI is InChI=1S/C8H17NO3S/c1-3-13(10,11)9-7(2)8-5-4-6-12-8/h7-9H,3-6H2,1-2H3/t7-,8+/m0/s1. The zero-order chi connectivity index (χ0) is 9.90. The van der Waals surface area contributed by atoms with E-state index in [0.717, 1.165) is 19.4 Å². The Morgan fingerprint density at radius 3 is 2.77 bits per heavy atom. The predicted octanol–water partition coefficient (Wildman–Crippen LogP) is 0.493. The first-order valence-corrected chi connectivity index (χ1v) is 6.32. The van der Waals surface area contributed by atoms with Crippen molar-refractivity contribution in [3.63, 3.8) is 0 Å². The topological polar surface area (TPSA) is 55.4 Å². The van der Waals surface area contributed by atoms with Gasteiger partial charge in [-0.3, -0.25) is 0 Å². The molecule has 0 spiro atoms. The van der Waals surface area contributed by atoms with Crippen molar-refractivity contribution in [1.29, 1.82) is 0 Å². The van der Waals surface area contributed by atoms with E-state index in [-0.39, 0.29) is 17.9 Å². The molecule has 0 radical (unpaired) electrons. The lowest BCUT2D eigenvalue weighted by molar-refractivity contribution is 0.0902. The van der Waals surface area contributed by atoms with Gasteiger partial charge in [-0.1, -0.05) is 0 Å². The van der Waals surface area contributed by atoms with Crippen molar-refractivity contribution in [2.24, 2.45) is 0 Å². The highest BCUT2D eigenvalue weighted by Crippen LogP contribution is 2.15. The van der Waals surface area contributed by atoms with Crippen LogP contribution in [0.25, 0.3) is 0 Å². The summed E-state index contributed by atoms with van der Waals surface area (Å²) in [4.78, 5) is 0. The van der Waals surface area contributed by atoms with Gasteiger partial charge >= 0.3 is 0 Å². The van der Waals surface area contributed by atoms with E-state index in [1.165, 1.54) is 0 Å². The fraction of sp³-hybridized carbons (Fsp3) is 1.00. The molecule has 0 saturated carbocycles. The molecule has 4 nitrogen and oxygen atoms in total. The van der Waals surface area contributed by atoms with Crippen LogP contribution >= 0.6 is 0 Å². The Hall–Kier alpha value is -0.130. The number of rotatable bonds is 4. The molecule has 0 bridgehead atoms. The van der Waals surface area contributed by atoms with Crippen LogP contribution in [-0.4, -0.2) is 32.9 Å². The Labute approximate surface area is 79.7 Å². The van der Waals surface area contributed by atoms with Gasteiger partial charge in [-0.2, -0.15) is 0 Å². The zero-order valence-corrected chi connectivity index (χ0v) is 8.93. The molecular weight excluding hydrogens is 190 g/mol. The van der Waals surface area contributed by atoms with Gasteiger partial charge in [-0.15, -0.1) is 0 Å². The van der Waals surface area contributed by atoms with E-state index in [1.807, 2.05) is 6.92 Å². The summed E-state index contributed by atoms with van der Waals surface area (Å²) in [6.45, 7) is 4.23. The van der Waals surface area contributed by atoms with E-state index in [1.54, 1.807) is 6.92 Å². The van der Waals surface area contributed by atoms with Crippen LogP contribution < -0.4 is 4.72 Å². The molecule has 0 aromatic heterocycles. The van der Waals surface area contributed by atoms with Gasteiger partial charge in [0.2, 0.25) is 10.0 Å². The van der Waals surface area contributed by atoms with Gasteiger partial charge in [0.1, 0.15) is 0 Å². The van der Waals surface area contributed by atoms with Crippen molar-refractivity contribution < 1.29 is 13.2 Å². The molecule has 1 heterocycles. The van der Waals surface area contributed by atoms with Gasteiger partial charge in [-0.25, -0.2) is 13.1 Å². The van der Waals surface area contributed by atoms with Crippen LogP contribution in [0.1, 0.15) is 26.7 Å². The smallest absolute Gasteiger partial charge is 0.211 e. The maximum atomic E-state index is 11.2. The van der Waals surface area contributed by atoms with Crippen LogP contribution in [0.15, 0.2) is 0 Å². The molecule has 1 saturated heterocycles. The molecule has 5 heteroatoms. The summed E-state index contributed by atoms with van der Waals surface area (Å²) in [6.07, 6.45) is 2.04. The van der Waals surface area contributed by atoms with E-state index in [4.69, 9.17) is 4.74 Å². The molecule has 1 fully saturated rings. The number of nitrogens with one attached hydrogen (secondary N) is 1. The molecule has 0 amide bonds. The van der Waals surface area contributed by atoms with Crippen LogP contribution in [0.2, 0.25) is 0 Å². The summed E-state index contributed by atoms with van der Waals surface area (Å²) in [6, 6.07) is -0.104. The van der Waals surface area contributed by atoms with E-state index in [0.29, 0.717) is 0 Å². The highest BCUT2D eigenvalue weighted by Gasteiger charge is 2.25. The quantitative estimate of drug-likeness (QED) is 0.730. The van der Waals surface area contributed by atoms with Gasteiger partial charge in [0, 0.05) is 12.6 Å². The van der Waals surface area contributed by atoms with Gasteiger partial charge in [0.05, 0.1) is 11.9 Å². The molecule has 0 aromatic rings. The third kappa shape index (κ3) is 3.25. The molecular formula is C8H17NO3S. The van der Waals surface area contributed by atoms with E-state index < -0.39 is 10.0 Å². The highest BCUT2D eigenvalue weighted by molar-refractivity contribution is 7.89. The van der Waals surface area contributed by atoms with Crippen molar-refractivity contribution in [1.82, 2.24) is 4.72 Å². The Morgan fingerprint density at radius 1 is 1.62 bits per heavy atom. The molecule has 1 aliphatic heterocycles. The molecule has 1 rings (SSSR count). The Bertz CT molecular complexity index is 244. The summed E-state index contributed by atoms with van der Waals surface area (Å²) in [5.41, 5.74) is 0. The minimum atomic E-state index is -3.09. The van der Waals surface area contributed by atoms with E-state index in [9.17, 15) is 8.42 Å². The summed E-state index contributed by atoms with van der Waals surface area (Å²) in [5.74, 6) is 0.129. The lowest BCUT2D eigenvalue weighted by Crippen LogP contribution is -2.41. The third-order valence-electron chi connectivity index (χ3n) is 2.27. The van der Waals surface area contributed by atoms with Gasteiger partial charge in [0.25, 0.3) is 0 Å². The van der Waals surface area contributed by atoms with Crippen molar-refractivity contribution in [3.8, 4) is 0 Å². The Kier molecular flexibility index (Phi) is 3.70. The minimum Gasteiger partial charge on any atom is -0.377 e. The predicted molar refractivity (Wildman–Crippen MR) is 51.0 cm³/mol. The van der Waals surface area contributed by atoms with E-state index >= 15 is 0 Å². The second-order valence-corrected chi connectivity index (χ2v) is 5.40. The maximum Gasteiger partial charge on any atom is 0.211 e. The van der Waals surface area contributed by atoms with Crippen molar-refractivity contribution >= 4 is 10.0 Å². The first-order chi connectivity index (χ1) is 6.05. The largest absolute Gasteiger partial charge is 0.377 e. The second-order valence-electron chi connectivity index (χ2n) is 3.36. The number of sulfonamides is 1. The van der Waals surface area contributed by atoms with Crippen LogP contribution in [0.4, 0.5) is 0 Å². The fourth-order valence-corrected chi connectivity index (χ4v) is 2.32. The number of hydrogen-bond donors (Lipinski definition) is 1. The van der Waals surface area contributed by atoms with Gasteiger partial charge in [-0.05, 0) is 26.7 Å². The van der Waals surface area contributed by atoms with Gasteiger partial charge < -0.3 is 4.74 Å². The average Bonchev–Trinajstić information content (AvgIpc) is 2.55. The highest BCUT2D eigenvalue weighted by atomic mass is 32.2. The van der Waals surface area contributed by atoms with Gasteiger partial charge in [0.15, 0.2) is 0 Å². The molecule has 0 aromatic carbocycles. The van der Waals surface area contributed by atoms with Crippen LogP contribution in [0.5, 0.6) is 0 Å². The lowest BCUT2D eigenvalue weighted by Gasteiger charge is -2.19. The first kappa shape index (κ1) is 10.9. The van der Waals surface area contributed by atoms with Crippen molar-refractivity contribution in [2.75, 3.05) is 12.4 Å². The van der Waals surface area contributed by atoms with Crippen LogP contribution in [0.3, 0.4) is 0 Å². The Balaban J connectivity index is 2.44. The molecule has 1 aliphatic rings. The molecule has 13 heavy (non-hydrogen) atoms. The maximum absolute atomic E-state index is 11.2. The summed E-state index contributed by atoms with van der Waals surface area (Å²) in [5, 5.41) is 0. The normalized spacial score (nSPS) is 26.2. The average molecular weight is 207 g/mol. The fourth-order valence-electron chi connectivity index (χ4n) is 1.44. The third-order valence-corrected chi connectivity index (χ3v) is 3.76. The van der Waals surface area contributed by atoms with Crippen LogP contribution in [-0.2, 0) is 14.8 Å². The summed E-state index contributed by atoms with van der Waals surface area (Å²) >= 11 is 0. The molecule has 78 valence electrons. The van der Waals surface area contributed by atoms with E-state index in [2.05, 4.69) is 4.72 Å². The number of hydrogen-bond acceptors (Lipinski definition) is 3. The van der Waals surface area contributed by atoms with Crippen LogP contribution in [0, 0.1) is 0 Å². The monoisotopic (exact) mass is 207 g/mol. The molecule has 2 atom stereocenters. The molecule has 0 unspecified atom stereocenters. The summed E-state index contributed by atoms with van der Waals surface area (Å²) in [7, 11) is -3.09. The minimum absolute atomic E-state index is 0.0568.